The van der Waals surface area contributed by atoms with Crippen LogP contribution in [0.25, 0.3) is 6.08 Å². The minimum atomic E-state index is -0.500. The molecule has 0 saturated heterocycles. The Balaban J connectivity index is 1.52. The monoisotopic (exact) mass is 414 g/mol. The van der Waals surface area contributed by atoms with Crippen LogP contribution in [0.15, 0.2) is 89.9 Å². The van der Waals surface area contributed by atoms with Gasteiger partial charge < -0.3 is 21.5 Å². The molecule has 0 aliphatic heterocycles. The first-order valence-corrected chi connectivity index (χ1v) is 9.51. The van der Waals surface area contributed by atoms with E-state index in [1.165, 1.54) is 6.08 Å². The smallest absolute Gasteiger partial charge is 0.343 e. The number of nitrogens with two attached hydrogens (primary N) is 2. The molecule has 0 aliphatic rings. The van der Waals surface area contributed by atoms with Crippen molar-refractivity contribution in [2.45, 2.75) is 6.54 Å². The average molecular weight is 414 g/mol. The predicted octanol–water partition coefficient (Wildman–Crippen LogP) is 3.14. The number of aliphatic imine (C=N–C) groups is 1. The molecule has 3 aromatic carbocycles. The SMILES string of the molecule is NC(N)=Nc1ccc(C(=O)Oc2ccc(/C=C/C(=O)NCc3ccccc3)cc2)cc1. The fourth-order valence-electron chi connectivity index (χ4n) is 2.65. The maximum atomic E-state index is 12.3. The number of esters is 1. The van der Waals surface area contributed by atoms with Crippen LogP contribution in [0.2, 0.25) is 0 Å². The van der Waals surface area contributed by atoms with Crippen molar-refractivity contribution in [2.24, 2.45) is 16.5 Å². The summed E-state index contributed by atoms with van der Waals surface area (Å²) in [5.41, 5.74) is 13.4. The normalized spacial score (nSPS) is 10.5. The summed E-state index contributed by atoms with van der Waals surface area (Å²) in [6.45, 7) is 0.464. The van der Waals surface area contributed by atoms with Crippen LogP contribution in [0.5, 0.6) is 5.75 Å². The summed E-state index contributed by atoms with van der Waals surface area (Å²) in [4.78, 5) is 28.1. The lowest BCUT2D eigenvalue weighted by atomic mass is 10.2. The molecular weight excluding hydrogens is 392 g/mol. The first-order valence-electron chi connectivity index (χ1n) is 9.51. The van der Waals surface area contributed by atoms with Gasteiger partial charge in [0, 0.05) is 12.6 Å². The molecule has 0 fully saturated rings. The molecular formula is C24H22N4O3. The zero-order valence-electron chi connectivity index (χ0n) is 16.7. The van der Waals surface area contributed by atoms with Gasteiger partial charge in [0.1, 0.15) is 5.75 Å². The van der Waals surface area contributed by atoms with Crippen molar-refractivity contribution in [3.8, 4) is 5.75 Å². The van der Waals surface area contributed by atoms with E-state index in [1.54, 1.807) is 54.6 Å². The molecule has 0 unspecified atom stereocenters. The number of hydrogen-bond acceptors (Lipinski definition) is 4. The van der Waals surface area contributed by atoms with E-state index in [0.717, 1.165) is 11.1 Å². The summed E-state index contributed by atoms with van der Waals surface area (Å²) in [5.74, 6) is -0.356. The Morgan fingerprint density at radius 2 is 1.58 bits per heavy atom. The van der Waals surface area contributed by atoms with E-state index in [0.29, 0.717) is 23.5 Å². The number of amides is 1. The van der Waals surface area contributed by atoms with Crippen LogP contribution >= 0.6 is 0 Å². The Labute approximate surface area is 180 Å². The topological polar surface area (TPSA) is 120 Å². The highest BCUT2D eigenvalue weighted by Crippen LogP contribution is 2.17. The lowest BCUT2D eigenvalue weighted by molar-refractivity contribution is -0.116. The summed E-state index contributed by atoms with van der Waals surface area (Å²) in [6, 6.07) is 22.9. The van der Waals surface area contributed by atoms with E-state index >= 15 is 0 Å². The van der Waals surface area contributed by atoms with Gasteiger partial charge in [0.15, 0.2) is 5.96 Å². The Morgan fingerprint density at radius 1 is 0.903 bits per heavy atom. The second kappa shape index (κ2) is 10.4. The fraction of sp³-hybridized carbons (Fsp3) is 0.0417. The summed E-state index contributed by atoms with van der Waals surface area (Å²) in [7, 11) is 0. The van der Waals surface area contributed by atoms with E-state index < -0.39 is 5.97 Å². The summed E-state index contributed by atoms with van der Waals surface area (Å²) < 4.78 is 5.36. The molecule has 0 radical (unpaired) electrons. The van der Waals surface area contributed by atoms with Gasteiger partial charge in [-0.3, -0.25) is 4.79 Å². The van der Waals surface area contributed by atoms with Gasteiger partial charge in [-0.05, 0) is 53.6 Å². The molecule has 7 heteroatoms. The molecule has 0 atom stereocenters. The van der Waals surface area contributed by atoms with Crippen LogP contribution in [0.1, 0.15) is 21.5 Å². The van der Waals surface area contributed by atoms with Crippen LogP contribution in [0.3, 0.4) is 0 Å². The van der Waals surface area contributed by atoms with Gasteiger partial charge in [0.25, 0.3) is 0 Å². The van der Waals surface area contributed by atoms with Crippen molar-refractivity contribution >= 4 is 29.6 Å². The predicted molar refractivity (Wildman–Crippen MR) is 121 cm³/mol. The molecule has 0 heterocycles. The van der Waals surface area contributed by atoms with Crippen molar-refractivity contribution in [1.29, 1.82) is 0 Å². The van der Waals surface area contributed by atoms with E-state index in [1.807, 2.05) is 30.3 Å². The van der Waals surface area contributed by atoms with Crippen LogP contribution in [-0.2, 0) is 11.3 Å². The molecule has 0 saturated carbocycles. The highest BCUT2D eigenvalue weighted by Gasteiger charge is 2.08. The minimum absolute atomic E-state index is 0.0573. The van der Waals surface area contributed by atoms with Crippen molar-refractivity contribution in [3.63, 3.8) is 0 Å². The number of nitrogens with one attached hydrogen (secondary N) is 1. The molecule has 3 aromatic rings. The number of carbonyl (C=O) groups excluding carboxylic acids is 2. The van der Waals surface area contributed by atoms with Gasteiger partial charge in [0.2, 0.25) is 5.91 Å². The number of guanidine groups is 1. The minimum Gasteiger partial charge on any atom is -0.423 e. The summed E-state index contributed by atoms with van der Waals surface area (Å²) in [6.07, 6.45) is 3.15. The van der Waals surface area contributed by atoms with Gasteiger partial charge >= 0.3 is 5.97 Å². The molecule has 3 rings (SSSR count). The van der Waals surface area contributed by atoms with Crippen LogP contribution in [0.4, 0.5) is 5.69 Å². The van der Waals surface area contributed by atoms with E-state index in [9.17, 15) is 9.59 Å². The first kappa shape index (κ1) is 21.3. The standard InChI is InChI=1S/C24H22N4O3/c25-24(26)28-20-11-9-19(10-12-20)23(30)31-21-13-6-17(7-14-21)8-15-22(29)27-16-18-4-2-1-3-5-18/h1-15H,16H2,(H,27,29)(H4,25,26,28)/b15-8+. The van der Waals surface area contributed by atoms with Crippen LogP contribution in [0, 0.1) is 0 Å². The Morgan fingerprint density at radius 3 is 2.23 bits per heavy atom. The molecule has 0 bridgehead atoms. The maximum Gasteiger partial charge on any atom is 0.343 e. The molecule has 0 aromatic heterocycles. The summed E-state index contributed by atoms with van der Waals surface area (Å²) >= 11 is 0. The molecule has 156 valence electrons. The average Bonchev–Trinajstić information content (AvgIpc) is 2.78. The largest absolute Gasteiger partial charge is 0.423 e. The fourth-order valence-corrected chi connectivity index (χ4v) is 2.65. The first-order chi connectivity index (χ1) is 15.0. The van der Waals surface area contributed by atoms with Crippen LogP contribution in [-0.4, -0.2) is 17.8 Å². The Kier molecular flexibility index (Phi) is 7.16. The van der Waals surface area contributed by atoms with Crippen molar-refractivity contribution in [1.82, 2.24) is 5.32 Å². The zero-order chi connectivity index (χ0) is 22.1. The van der Waals surface area contributed by atoms with E-state index in [4.69, 9.17) is 16.2 Å². The molecule has 0 spiro atoms. The Bertz CT molecular complexity index is 1090. The second-order valence-electron chi connectivity index (χ2n) is 6.58. The third-order valence-electron chi connectivity index (χ3n) is 4.19. The number of nitrogens with zero attached hydrogens (tertiary/aromatic N) is 1. The van der Waals surface area contributed by atoms with Gasteiger partial charge in [-0.1, -0.05) is 42.5 Å². The van der Waals surface area contributed by atoms with E-state index in [2.05, 4.69) is 10.3 Å². The Hall–Kier alpha value is -4.39. The quantitative estimate of drug-likeness (QED) is 0.180. The van der Waals surface area contributed by atoms with Gasteiger partial charge in [-0.15, -0.1) is 0 Å². The molecule has 31 heavy (non-hydrogen) atoms. The number of benzene rings is 3. The lowest BCUT2D eigenvalue weighted by Crippen LogP contribution is -2.21. The number of carbonyl (C=O) groups is 2. The maximum absolute atomic E-state index is 12.3. The van der Waals surface area contributed by atoms with Gasteiger partial charge in [-0.25, -0.2) is 9.79 Å². The molecule has 7 nitrogen and oxygen atoms in total. The number of rotatable bonds is 7. The van der Waals surface area contributed by atoms with Gasteiger partial charge in [0.05, 0.1) is 11.3 Å². The zero-order valence-corrected chi connectivity index (χ0v) is 16.7. The summed E-state index contributed by atoms with van der Waals surface area (Å²) in [5, 5.41) is 2.82. The van der Waals surface area contributed by atoms with Crippen molar-refractivity contribution in [2.75, 3.05) is 0 Å². The highest BCUT2D eigenvalue weighted by molar-refractivity contribution is 5.92. The third-order valence-corrected chi connectivity index (χ3v) is 4.19. The molecule has 5 N–H and O–H groups in total. The lowest BCUT2D eigenvalue weighted by Gasteiger charge is -2.05. The molecule has 0 aliphatic carbocycles. The van der Waals surface area contributed by atoms with Crippen LogP contribution < -0.4 is 21.5 Å². The molecule has 1 amide bonds. The van der Waals surface area contributed by atoms with E-state index in [-0.39, 0.29) is 11.9 Å². The second-order valence-corrected chi connectivity index (χ2v) is 6.58. The number of ether oxygens (including phenoxy) is 1. The van der Waals surface area contributed by atoms with Crippen molar-refractivity contribution < 1.29 is 14.3 Å². The van der Waals surface area contributed by atoms with Gasteiger partial charge in [-0.2, -0.15) is 0 Å². The van der Waals surface area contributed by atoms with Crippen molar-refractivity contribution in [3.05, 3.63) is 102 Å². The number of hydrogen-bond donors (Lipinski definition) is 3. The third kappa shape index (κ3) is 6.86. The highest BCUT2D eigenvalue weighted by atomic mass is 16.5.